The summed E-state index contributed by atoms with van der Waals surface area (Å²) in [5, 5.41) is 0. The van der Waals surface area contributed by atoms with E-state index in [-0.39, 0.29) is 5.97 Å². The van der Waals surface area contributed by atoms with Crippen molar-refractivity contribution in [3.8, 4) is 0 Å². The zero-order valence-electron chi connectivity index (χ0n) is 12.4. The number of nitrogens with two attached hydrogens (primary N) is 1. The molecule has 0 aromatic heterocycles. The fraction of sp³-hybridized carbons (Fsp3) is 0.933. The van der Waals surface area contributed by atoms with Gasteiger partial charge in [0.1, 0.15) is 0 Å². The number of hydrogen-bond donors (Lipinski definition) is 1. The normalized spacial score (nSPS) is 14.2. The number of carbonyl (C=O) groups excluding carboxylic acids is 1. The summed E-state index contributed by atoms with van der Waals surface area (Å²) < 4.78 is 5.35. The third-order valence-electron chi connectivity index (χ3n) is 3.52. The SMILES string of the molecule is CCCCC(CC)COC(=O)CCC(C)CCN. The molecule has 0 aromatic rings. The molecule has 2 N–H and O–H groups in total. The summed E-state index contributed by atoms with van der Waals surface area (Å²) >= 11 is 0. The van der Waals surface area contributed by atoms with Crippen molar-refractivity contribution >= 4 is 5.97 Å². The molecule has 0 aliphatic heterocycles. The van der Waals surface area contributed by atoms with Crippen LogP contribution in [0.15, 0.2) is 0 Å². The molecule has 108 valence electrons. The predicted molar refractivity (Wildman–Crippen MR) is 76.3 cm³/mol. The van der Waals surface area contributed by atoms with Crippen molar-refractivity contribution in [2.45, 2.75) is 65.7 Å². The molecule has 0 aliphatic carbocycles. The second-order valence-corrected chi connectivity index (χ2v) is 5.32. The van der Waals surface area contributed by atoms with Gasteiger partial charge in [-0.3, -0.25) is 4.79 Å². The highest BCUT2D eigenvalue weighted by atomic mass is 16.5. The molecule has 0 spiro atoms. The second-order valence-electron chi connectivity index (χ2n) is 5.32. The molecule has 0 aliphatic rings. The molecular formula is C15H31NO2. The molecule has 18 heavy (non-hydrogen) atoms. The van der Waals surface area contributed by atoms with Gasteiger partial charge in [0.25, 0.3) is 0 Å². The van der Waals surface area contributed by atoms with Crippen LogP contribution in [0.25, 0.3) is 0 Å². The van der Waals surface area contributed by atoms with Gasteiger partial charge in [-0.15, -0.1) is 0 Å². The van der Waals surface area contributed by atoms with Crippen LogP contribution in [0.5, 0.6) is 0 Å². The number of esters is 1. The van der Waals surface area contributed by atoms with Gasteiger partial charge in [0.05, 0.1) is 6.61 Å². The minimum atomic E-state index is -0.0474. The van der Waals surface area contributed by atoms with E-state index < -0.39 is 0 Å². The molecule has 0 saturated carbocycles. The van der Waals surface area contributed by atoms with Crippen molar-refractivity contribution in [2.24, 2.45) is 17.6 Å². The van der Waals surface area contributed by atoms with Crippen molar-refractivity contribution in [3.05, 3.63) is 0 Å². The van der Waals surface area contributed by atoms with Crippen LogP contribution in [0.2, 0.25) is 0 Å². The summed E-state index contributed by atoms with van der Waals surface area (Å²) in [6, 6.07) is 0. The Hall–Kier alpha value is -0.570. The maximum absolute atomic E-state index is 11.6. The van der Waals surface area contributed by atoms with Crippen molar-refractivity contribution in [1.29, 1.82) is 0 Å². The molecule has 3 heteroatoms. The van der Waals surface area contributed by atoms with E-state index in [4.69, 9.17) is 10.5 Å². The summed E-state index contributed by atoms with van der Waals surface area (Å²) in [5.41, 5.74) is 5.48. The number of hydrogen-bond acceptors (Lipinski definition) is 3. The van der Waals surface area contributed by atoms with Crippen LogP contribution in [0.3, 0.4) is 0 Å². The first-order valence-corrected chi connectivity index (χ1v) is 7.49. The number of carbonyl (C=O) groups is 1. The van der Waals surface area contributed by atoms with E-state index in [1.54, 1.807) is 0 Å². The van der Waals surface area contributed by atoms with E-state index >= 15 is 0 Å². The van der Waals surface area contributed by atoms with Crippen LogP contribution < -0.4 is 5.73 Å². The number of ether oxygens (including phenoxy) is 1. The van der Waals surface area contributed by atoms with Gasteiger partial charge < -0.3 is 10.5 Å². The Balaban J connectivity index is 3.67. The highest BCUT2D eigenvalue weighted by molar-refractivity contribution is 5.69. The Bertz CT molecular complexity index is 207. The monoisotopic (exact) mass is 257 g/mol. The maximum atomic E-state index is 11.6. The van der Waals surface area contributed by atoms with E-state index in [1.807, 2.05) is 0 Å². The number of unbranched alkanes of at least 4 members (excludes halogenated alkanes) is 1. The fourth-order valence-corrected chi connectivity index (χ4v) is 1.97. The van der Waals surface area contributed by atoms with Crippen LogP contribution in [0.1, 0.15) is 65.7 Å². The van der Waals surface area contributed by atoms with Gasteiger partial charge in [-0.25, -0.2) is 0 Å². The van der Waals surface area contributed by atoms with Gasteiger partial charge in [0, 0.05) is 6.42 Å². The van der Waals surface area contributed by atoms with Crippen molar-refractivity contribution in [1.82, 2.24) is 0 Å². The summed E-state index contributed by atoms with van der Waals surface area (Å²) in [6.45, 7) is 7.79. The minimum Gasteiger partial charge on any atom is -0.465 e. The largest absolute Gasteiger partial charge is 0.465 e. The Morgan fingerprint density at radius 1 is 1.22 bits per heavy atom. The molecule has 0 aromatic carbocycles. The summed E-state index contributed by atoms with van der Waals surface area (Å²) in [6.07, 6.45) is 7.11. The van der Waals surface area contributed by atoms with E-state index in [9.17, 15) is 4.79 Å². The molecule has 0 fully saturated rings. The molecule has 0 rings (SSSR count). The van der Waals surface area contributed by atoms with E-state index in [2.05, 4.69) is 20.8 Å². The third-order valence-corrected chi connectivity index (χ3v) is 3.52. The topological polar surface area (TPSA) is 52.3 Å². The quantitative estimate of drug-likeness (QED) is 0.576. The Morgan fingerprint density at radius 3 is 2.50 bits per heavy atom. The van der Waals surface area contributed by atoms with Crippen LogP contribution in [0, 0.1) is 11.8 Å². The maximum Gasteiger partial charge on any atom is 0.305 e. The zero-order chi connectivity index (χ0) is 13.8. The van der Waals surface area contributed by atoms with Gasteiger partial charge >= 0.3 is 5.97 Å². The first-order chi connectivity index (χ1) is 8.63. The van der Waals surface area contributed by atoms with Gasteiger partial charge in [-0.1, -0.05) is 40.0 Å². The molecule has 2 unspecified atom stereocenters. The third kappa shape index (κ3) is 9.46. The Kier molecular flexibility index (Phi) is 11.2. The lowest BCUT2D eigenvalue weighted by Crippen LogP contribution is -2.15. The molecule has 0 radical (unpaired) electrons. The van der Waals surface area contributed by atoms with Gasteiger partial charge in [-0.2, -0.15) is 0 Å². The van der Waals surface area contributed by atoms with Crippen LogP contribution >= 0.6 is 0 Å². The van der Waals surface area contributed by atoms with E-state index in [0.717, 1.165) is 19.3 Å². The number of rotatable bonds is 11. The van der Waals surface area contributed by atoms with Crippen molar-refractivity contribution in [3.63, 3.8) is 0 Å². The molecule has 0 heterocycles. The second kappa shape index (κ2) is 11.5. The highest BCUT2D eigenvalue weighted by Crippen LogP contribution is 2.14. The van der Waals surface area contributed by atoms with Gasteiger partial charge in [0.15, 0.2) is 0 Å². The van der Waals surface area contributed by atoms with Crippen molar-refractivity contribution < 1.29 is 9.53 Å². The lowest BCUT2D eigenvalue weighted by molar-refractivity contribution is -0.145. The summed E-state index contributed by atoms with van der Waals surface area (Å²) in [5.74, 6) is 1.01. The first kappa shape index (κ1) is 17.4. The summed E-state index contributed by atoms with van der Waals surface area (Å²) in [7, 11) is 0. The zero-order valence-corrected chi connectivity index (χ0v) is 12.4. The smallest absolute Gasteiger partial charge is 0.305 e. The summed E-state index contributed by atoms with van der Waals surface area (Å²) in [4.78, 5) is 11.6. The highest BCUT2D eigenvalue weighted by Gasteiger charge is 2.11. The minimum absolute atomic E-state index is 0.0474. The van der Waals surface area contributed by atoms with Crippen molar-refractivity contribution in [2.75, 3.05) is 13.2 Å². The van der Waals surface area contributed by atoms with Gasteiger partial charge in [0.2, 0.25) is 0 Å². The lowest BCUT2D eigenvalue weighted by atomic mass is 10.0. The Labute approximate surface area is 112 Å². The van der Waals surface area contributed by atoms with Gasteiger partial charge in [-0.05, 0) is 37.6 Å². The molecule has 0 amide bonds. The standard InChI is InChI=1S/C15H31NO2/c1-4-6-7-14(5-2)12-18-15(17)9-8-13(3)10-11-16/h13-14H,4-12,16H2,1-3H3. The first-order valence-electron chi connectivity index (χ1n) is 7.49. The average Bonchev–Trinajstić information content (AvgIpc) is 2.37. The van der Waals surface area contributed by atoms with E-state index in [1.165, 1.54) is 19.3 Å². The van der Waals surface area contributed by atoms with Crippen LogP contribution in [-0.2, 0) is 9.53 Å². The molecule has 3 nitrogen and oxygen atoms in total. The molecule has 0 bridgehead atoms. The lowest BCUT2D eigenvalue weighted by Gasteiger charge is -2.15. The molecule has 0 saturated heterocycles. The predicted octanol–water partition coefficient (Wildman–Crippen LogP) is 3.51. The molecule has 2 atom stereocenters. The molecular weight excluding hydrogens is 226 g/mol. The fourth-order valence-electron chi connectivity index (χ4n) is 1.97. The Morgan fingerprint density at radius 2 is 1.94 bits per heavy atom. The van der Waals surface area contributed by atoms with Crippen LogP contribution in [0.4, 0.5) is 0 Å². The van der Waals surface area contributed by atoms with Crippen LogP contribution in [-0.4, -0.2) is 19.1 Å². The average molecular weight is 257 g/mol. The van der Waals surface area contributed by atoms with E-state index in [0.29, 0.717) is 31.4 Å².